The minimum Gasteiger partial charge on any atom is -0.284 e. The fraction of sp³-hybridized carbons (Fsp3) is 0.412. The van der Waals surface area contributed by atoms with Crippen molar-refractivity contribution in [1.82, 2.24) is 9.80 Å². The van der Waals surface area contributed by atoms with Crippen molar-refractivity contribution in [3.63, 3.8) is 0 Å². The predicted octanol–water partition coefficient (Wildman–Crippen LogP) is 2.68. The molecule has 1 fully saturated rings. The number of carbonyl (C=O) groups excluding carboxylic acids is 2. The van der Waals surface area contributed by atoms with Crippen molar-refractivity contribution in [3.8, 4) is 0 Å². The number of benzene rings is 1. The lowest BCUT2D eigenvalue weighted by Crippen LogP contribution is -2.40. The molecule has 0 radical (unpaired) electrons. The Kier molecular flexibility index (Phi) is 4.32. The second-order valence-corrected chi connectivity index (χ2v) is 6.48. The summed E-state index contributed by atoms with van der Waals surface area (Å²) in [7, 11) is 1.91. The molecule has 2 amide bonds. The minimum absolute atomic E-state index is 0.0256. The standard InChI is InChI=1S/C17H19ClN2O2/c1-19(10-12-6-8-13(18)9-7-12)11-20-16(21)14-4-2-3-5-15(14)17(20)22/h2-3,6-9,14-15H,4-5,10-11H2,1H3/t14-,15-/m0/s1. The Morgan fingerprint density at radius 1 is 1.09 bits per heavy atom. The Labute approximate surface area is 135 Å². The van der Waals surface area contributed by atoms with Gasteiger partial charge in [-0.25, -0.2) is 0 Å². The second kappa shape index (κ2) is 6.23. The highest BCUT2D eigenvalue weighted by Gasteiger charge is 2.47. The Morgan fingerprint density at radius 2 is 1.64 bits per heavy atom. The lowest BCUT2D eigenvalue weighted by atomic mass is 9.85. The number of rotatable bonds is 4. The van der Waals surface area contributed by atoms with Crippen LogP contribution in [0.4, 0.5) is 0 Å². The van der Waals surface area contributed by atoms with Crippen molar-refractivity contribution in [3.05, 3.63) is 47.0 Å². The van der Waals surface area contributed by atoms with Gasteiger partial charge in [0.05, 0.1) is 18.5 Å². The molecule has 2 atom stereocenters. The first-order valence-corrected chi connectivity index (χ1v) is 7.87. The van der Waals surface area contributed by atoms with Gasteiger partial charge >= 0.3 is 0 Å². The fourth-order valence-electron chi connectivity index (χ4n) is 3.20. The fourth-order valence-corrected chi connectivity index (χ4v) is 3.33. The third-order valence-electron chi connectivity index (χ3n) is 4.35. The van der Waals surface area contributed by atoms with Crippen LogP contribution < -0.4 is 0 Å². The highest BCUT2D eigenvalue weighted by Crippen LogP contribution is 2.35. The molecule has 0 saturated carbocycles. The molecule has 1 saturated heterocycles. The van der Waals surface area contributed by atoms with Crippen LogP contribution in [0.15, 0.2) is 36.4 Å². The van der Waals surface area contributed by atoms with Gasteiger partial charge in [-0.05, 0) is 37.6 Å². The van der Waals surface area contributed by atoms with Crippen LogP contribution >= 0.6 is 11.6 Å². The first-order valence-electron chi connectivity index (χ1n) is 7.49. The average Bonchev–Trinajstić information content (AvgIpc) is 2.75. The summed E-state index contributed by atoms with van der Waals surface area (Å²) < 4.78 is 0. The molecule has 0 aromatic heterocycles. The quantitative estimate of drug-likeness (QED) is 0.633. The molecule has 3 rings (SSSR count). The van der Waals surface area contributed by atoms with Gasteiger partial charge in [0.15, 0.2) is 0 Å². The van der Waals surface area contributed by atoms with Crippen molar-refractivity contribution in [2.24, 2.45) is 11.8 Å². The van der Waals surface area contributed by atoms with Gasteiger partial charge in [0.2, 0.25) is 11.8 Å². The monoisotopic (exact) mass is 318 g/mol. The van der Waals surface area contributed by atoms with Gasteiger partial charge in [0.1, 0.15) is 0 Å². The molecule has 2 aliphatic rings. The van der Waals surface area contributed by atoms with Gasteiger partial charge in [-0.15, -0.1) is 0 Å². The largest absolute Gasteiger partial charge is 0.284 e. The maximum Gasteiger partial charge on any atom is 0.234 e. The van der Waals surface area contributed by atoms with Gasteiger partial charge in [0.25, 0.3) is 0 Å². The van der Waals surface area contributed by atoms with Crippen LogP contribution in [0.25, 0.3) is 0 Å². The summed E-state index contributed by atoms with van der Waals surface area (Å²) in [4.78, 5) is 28.2. The summed E-state index contributed by atoms with van der Waals surface area (Å²) in [5.41, 5.74) is 1.10. The predicted molar refractivity (Wildman–Crippen MR) is 85.0 cm³/mol. The van der Waals surface area contributed by atoms with E-state index in [-0.39, 0.29) is 23.7 Å². The van der Waals surface area contributed by atoms with Crippen molar-refractivity contribution >= 4 is 23.4 Å². The van der Waals surface area contributed by atoms with E-state index < -0.39 is 0 Å². The molecule has 1 aromatic rings. The molecule has 0 spiro atoms. The Morgan fingerprint density at radius 3 is 2.18 bits per heavy atom. The molecule has 1 aliphatic heterocycles. The Hall–Kier alpha value is -1.65. The van der Waals surface area contributed by atoms with Gasteiger partial charge in [-0.1, -0.05) is 35.9 Å². The van der Waals surface area contributed by atoms with Gasteiger partial charge in [0, 0.05) is 11.6 Å². The van der Waals surface area contributed by atoms with E-state index >= 15 is 0 Å². The van der Waals surface area contributed by atoms with Crippen molar-refractivity contribution in [1.29, 1.82) is 0 Å². The lowest BCUT2D eigenvalue weighted by Gasteiger charge is -2.23. The van der Waals surface area contributed by atoms with E-state index in [1.807, 2.05) is 48.4 Å². The summed E-state index contributed by atoms with van der Waals surface area (Å²) in [6, 6.07) is 7.60. The van der Waals surface area contributed by atoms with E-state index in [2.05, 4.69) is 0 Å². The Balaban J connectivity index is 1.64. The first-order chi connectivity index (χ1) is 10.6. The highest BCUT2D eigenvalue weighted by molar-refractivity contribution is 6.30. The molecule has 0 N–H and O–H groups in total. The minimum atomic E-state index is -0.151. The lowest BCUT2D eigenvalue weighted by molar-refractivity contribution is -0.142. The molecule has 0 unspecified atom stereocenters. The number of hydrogen-bond acceptors (Lipinski definition) is 3. The molecular formula is C17H19ClN2O2. The maximum atomic E-state index is 12.4. The van der Waals surface area contributed by atoms with Crippen LogP contribution in [-0.4, -0.2) is 35.3 Å². The Bertz CT molecular complexity index is 586. The topological polar surface area (TPSA) is 40.6 Å². The summed E-state index contributed by atoms with van der Waals surface area (Å²) in [6.45, 7) is 1.01. The summed E-state index contributed by atoms with van der Waals surface area (Å²) in [5.74, 6) is -0.354. The van der Waals surface area contributed by atoms with Crippen LogP contribution in [0, 0.1) is 11.8 Å². The van der Waals surface area contributed by atoms with Crippen LogP contribution in [0.2, 0.25) is 5.02 Å². The first kappa shape index (κ1) is 15.3. The smallest absolute Gasteiger partial charge is 0.234 e. The van der Waals surface area contributed by atoms with E-state index in [9.17, 15) is 9.59 Å². The maximum absolute atomic E-state index is 12.4. The van der Waals surface area contributed by atoms with Crippen LogP contribution in [0.5, 0.6) is 0 Å². The van der Waals surface area contributed by atoms with E-state index in [0.29, 0.717) is 31.1 Å². The van der Waals surface area contributed by atoms with Crippen LogP contribution in [0.3, 0.4) is 0 Å². The average molecular weight is 319 g/mol. The normalized spacial score (nSPS) is 24.2. The zero-order chi connectivity index (χ0) is 15.7. The number of halogens is 1. The summed E-state index contributed by atoms with van der Waals surface area (Å²) in [5, 5.41) is 0.702. The van der Waals surface area contributed by atoms with Crippen molar-refractivity contribution in [2.45, 2.75) is 19.4 Å². The zero-order valence-electron chi connectivity index (χ0n) is 12.5. The van der Waals surface area contributed by atoms with Crippen LogP contribution in [-0.2, 0) is 16.1 Å². The van der Waals surface area contributed by atoms with Gasteiger partial charge < -0.3 is 0 Å². The molecule has 1 heterocycles. The third-order valence-corrected chi connectivity index (χ3v) is 4.60. The number of allylic oxidation sites excluding steroid dienone is 2. The molecule has 22 heavy (non-hydrogen) atoms. The summed E-state index contributed by atoms with van der Waals surface area (Å²) >= 11 is 5.88. The van der Waals surface area contributed by atoms with E-state index in [1.165, 1.54) is 4.90 Å². The molecule has 116 valence electrons. The van der Waals surface area contributed by atoms with Gasteiger partial charge in [-0.2, -0.15) is 0 Å². The number of nitrogens with zero attached hydrogens (tertiary/aromatic N) is 2. The number of likely N-dealkylation sites (tertiary alicyclic amines) is 1. The molecule has 1 aliphatic carbocycles. The number of carbonyl (C=O) groups is 2. The molecule has 1 aromatic carbocycles. The van der Waals surface area contributed by atoms with Gasteiger partial charge in [-0.3, -0.25) is 19.4 Å². The number of imide groups is 1. The van der Waals surface area contributed by atoms with E-state index in [1.54, 1.807) is 0 Å². The van der Waals surface area contributed by atoms with Crippen molar-refractivity contribution in [2.75, 3.05) is 13.7 Å². The zero-order valence-corrected chi connectivity index (χ0v) is 13.3. The number of amides is 2. The number of hydrogen-bond donors (Lipinski definition) is 0. The highest BCUT2D eigenvalue weighted by atomic mass is 35.5. The molecule has 4 nitrogen and oxygen atoms in total. The molecular weight excluding hydrogens is 300 g/mol. The van der Waals surface area contributed by atoms with Crippen molar-refractivity contribution < 1.29 is 9.59 Å². The van der Waals surface area contributed by atoms with E-state index in [4.69, 9.17) is 11.6 Å². The molecule has 0 bridgehead atoms. The van der Waals surface area contributed by atoms with E-state index in [0.717, 1.165) is 5.56 Å². The third kappa shape index (κ3) is 2.94. The second-order valence-electron chi connectivity index (χ2n) is 6.04. The summed E-state index contributed by atoms with van der Waals surface area (Å²) in [6.07, 6.45) is 5.39. The van der Waals surface area contributed by atoms with Crippen LogP contribution in [0.1, 0.15) is 18.4 Å². The number of fused-ring (bicyclic) bond motifs is 1. The molecule has 5 heteroatoms. The SMILES string of the molecule is CN(Cc1ccc(Cl)cc1)CN1C(=O)[C@H]2CC=CC[C@@H]2C1=O.